The van der Waals surface area contributed by atoms with Gasteiger partial charge < -0.3 is 15.1 Å². The van der Waals surface area contributed by atoms with E-state index >= 15 is 0 Å². The molecule has 1 N–H and O–H groups in total. The Morgan fingerprint density at radius 1 is 1.00 bits per heavy atom. The molecule has 0 radical (unpaired) electrons. The Labute approximate surface area is 239 Å². The van der Waals surface area contributed by atoms with Gasteiger partial charge in [-0.25, -0.2) is 0 Å². The van der Waals surface area contributed by atoms with E-state index in [1.165, 1.54) is 28.2 Å². The molecule has 0 bridgehead atoms. The summed E-state index contributed by atoms with van der Waals surface area (Å²) in [5.41, 5.74) is 14.9. The molecule has 7 nitrogen and oxygen atoms in total. The molecule has 2 aliphatic heterocycles. The number of benzene rings is 2. The van der Waals surface area contributed by atoms with Crippen LogP contribution in [0.3, 0.4) is 0 Å². The predicted octanol–water partition coefficient (Wildman–Crippen LogP) is 7.40. The Morgan fingerprint density at radius 2 is 1.70 bits per heavy atom. The van der Waals surface area contributed by atoms with Crippen LogP contribution >= 0.6 is 0 Å². The summed E-state index contributed by atoms with van der Waals surface area (Å²) in [6.07, 6.45) is 11.0. The number of azide groups is 1. The van der Waals surface area contributed by atoms with E-state index < -0.39 is 0 Å². The van der Waals surface area contributed by atoms with Crippen LogP contribution in [0, 0.1) is 0 Å². The van der Waals surface area contributed by atoms with E-state index in [1.807, 2.05) is 0 Å². The van der Waals surface area contributed by atoms with Gasteiger partial charge in [0.1, 0.15) is 0 Å². The van der Waals surface area contributed by atoms with Crippen LogP contribution in [0.1, 0.15) is 70.9 Å². The Hall–Kier alpha value is -3.70. The maximum Gasteiger partial charge on any atom is 0.219 e. The molecule has 0 saturated carbocycles. The SMILES string of the molecule is CN1/C(=C/C=C/C2N(CCCCCC(=O)NCCCN=[N+]=[N-])c3ccccc3C2(C)C)C(C)(C)c2ccccc21. The summed E-state index contributed by atoms with van der Waals surface area (Å²) >= 11 is 0. The number of carbonyl (C=O) groups excluding carboxylic acids is 1. The topological polar surface area (TPSA) is 84.3 Å². The van der Waals surface area contributed by atoms with Crippen molar-refractivity contribution in [2.75, 3.05) is 36.5 Å². The first-order valence-corrected chi connectivity index (χ1v) is 14.6. The van der Waals surface area contributed by atoms with Crippen LogP contribution in [0.25, 0.3) is 10.4 Å². The molecular formula is C33H44N6O. The summed E-state index contributed by atoms with van der Waals surface area (Å²) in [6.45, 7) is 11.2. The highest BCUT2D eigenvalue weighted by Gasteiger charge is 2.43. The van der Waals surface area contributed by atoms with Crippen LogP contribution in [0.4, 0.5) is 11.4 Å². The lowest BCUT2D eigenvalue weighted by Crippen LogP contribution is -2.40. The molecule has 0 aliphatic carbocycles. The van der Waals surface area contributed by atoms with Crippen LogP contribution in [-0.4, -0.2) is 38.6 Å². The van der Waals surface area contributed by atoms with E-state index in [-0.39, 0.29) is 22.8 Å². The fourth-order valence-corrected chi connectivity index (χ4v) is 6.38. The molecule has 0 spiro atoms. The Kier molecular flexibility index (Phi) is 9.26. The van der Waals surface area contributed by atoms with Crippen LogP contribution in [0.2, 0.25) is 0 Å². The molecule has 2 aromatic carbocycles. The number of rotatable bonds is 12. The first-order valence-electron chi connectivity index (χ1n) is 14.6. The summed E-state index contributed by atoms with van der Waals surface area (Å²) in [5, 5.41) is 6.41. The van der Waals surface area contributed by atoms with Gasteiger partial charge in [0.2, 0.25) is 5.91 Å². The molecule has 2 aliphatic rings. The summed E-state index contributed by atoms with van der Waals surface area (Å²) in [5.74, 6) is 0.0735. The molecule has 4 rings (SSSR count). The van der Waals surface area contributed by atoms with Gasteiger partial charge in [-0.1, -0.05) is 87.8 Å². The number of nitrogens with zero attached hydrogens (tertiary/aromatic N) is 5. The van der Waals surface area contributed by atoms with Gasteiger partial charge in [0.15, 0.2) is 0 Å². The van der Waals surface area contributed by atoms with Crippen molar-refractivity contribution in [1.29, 1.82) is 0 Å². The van der Waals surface area contributed by atoms with E-state index in [0.29, 0.717) is 25.9 Å². The van der Waals surface area contributed by atoms with E-state index in [2.05, 4.69) is 127 Å². The third kappa shape index (κ3) is 6.05. The summed E-state index contributed by atoms with van der Waals surface area (Å²) in [7, 11) is 2.17. The van der Waals surface area contributed by atoms with Gasteiger partial charge in [0.05, 0.1) is 6.04 Å². The normalized spacial score (nSPS) is 19.5. The molecule has 1 unspecified atom stereocenters. The zero-order chi connectivity index (χ0) is 28.8. The quantitative estimate of drug-likeness (QED) is 0.132. The third-order valence-electron chi connectivity index (χ3n) is 8.59. The highest BCUT2D eigenvalue weighted by Crippen LogP contribution is 2.48. The molecule has 7 heteroatoms. The van der Waals surface area contributed by atoms with E-state index in [0.717, 1.165) is 25.8 Å². The molecule has 212 valence electrons. The number of anilines is 2. The number of hydrogen-bond donors (Lipinski definition) is 1. The molecule has 1 atom stereocenters. The minimum absolute atomic E-state index is 0.0128. The Morgan fingerprint density at radius 3 is 2.42 bits per heavy atom. The number of nitrogens with one attached hydrogen (secondary N) is 1. The molecule has 0 saturated heterocycles. The Bertz CT molecular complexity index is 1300. The molecule has 0 aromatic heterocycles. The first-order chi connectivity index (χ1) is 19.2. The van der Waals surface area contributed by atoms with Crippen LogP contribution in [-0.2, 0) is 15.6 Å². The number of allylic oxidation sites excluding steroid dienone is 3. The number of amides is 1. The van der Waals surface area contributed by atoms with E-state index in [1.54, 1.807) is 0 Å². The average molecular weight is 541 g/mol. The lowest BCUT2D eigenvalue weighted by molar-refractivity contribution is -0.121. The fourth-order valence-electron chi connectivity index (χ4n) is 6.38. The number of para-hydroxylation sites is 2. The van der Waals surface area contributed by atoms with Crippen molar-refractivity contribution in [2.24, 2.45) is 5.11 Å². The number of likely N-dealkylation sites (N-methyl/N-ethyl adjacent to an activating group) is 1. The van der Waals surface area contributed by atoms with Crippen LogP contribution in [0.5, 0.6) is 0 Å². The monoisotopic (exact) mass is 540 g/mol. The maximum atomic E-state index is 12.1. The van der Waals surface area contributed by atoms with E-state index in [4.69, 9.17) is 5.53 Å². The minimum Gasteiger partial charge on any atom is -0.364 e. The minimum atomic E-state index is -0.0413. The van der Waals surface area contributed by atoms with Gasteiger partial charge in [-0.15, -0.1) is 0 Å². The smallest absolute Gasteiger partial charge is 0.219 e. The van der Waals surface area contributed by atoms with Crippen LogP contribution in [0.15, 0.2) is 77.6 Å². The van der Waals surface area contributed by atoms with Crippen molar-refractivity contribution >= 4 is 17.3 Å². The third-order valence-corrected chi connectivity index (χ3v) is 8.59. The first kappa shape index (κ1) is 29.3. The molecule has 40 heavy (non-hydrogen) atoms. The second kappa shape index (κ2) is 12.6. The highest BCUT2D eigenvalue weighted by atomic mass is 16.1. The fraction of sp³-hybridized carbons (Fsp3) is 0.485. The summed E-state index contributed by atoms with van der Waals surface area (Å²) < 4.78 is 0. The lowest BCUT2D eigenvalue weighted by atomic mass is 9.80. The molecular weight excluding hydrogens is 496 g/mol. The van der Waals surface area contributed by atoms with Gasteiger partial charge in [-0.3, -0.25) is 4.79 Å². The summed E-state index contributed by atoms with van der Waals surface area (Å²) in [6, 6.07) is 17.7. The largest absolute Gasteiger partial charge is 0.364 e. The summed E-state index contributed by atoms with van der Waals surface area (Å²) in [4.78, 5) is 19.7. The van der Waals surface area contributed by atoms with Gasteiger partial charge in [-0.05, 0) is 54.1 Å². The van der Waals surface area contributed by atoms with Crippen molar-refractivity contribution in [1.82, 2.24) is 5.32 Å². The van der Waals surface area contributed by atoms with Crippen molar-refractivity contribution in [3.8, 4) is 0 Å². The van der Waals surface area contributed by atoms with Gasteiger partial charge >= 0.3 is 0 Å². The van der Waals surface area contributed by atoms with Crippen molar-refractivity contribution in [2.45, 2.75) is 76.7 Å². The second-order valence-corrected chi connectivity index (χ2v) is 12.0. The van der Waals surface area contributed by atoms with Crippen molar-refractivity contribution < 1.29 is 4.79 Å². The molecule has 2 aromatic rings. The second-order valence-electron chi connectivity index (χ2n) is 12.0. The van der Waals surface area contributed by atoms with Gasteiger partial charge in [0, 0.05) is 65.9 Å². The van der Waals surface area contributed by atoms with Crippen molar-refractivity contribution in [3.05, 3.63) is 94.0 Å². The zero-order valence-electron chi connectivity index (χ0n) is 24.7. The van der Waals surface area contributed by atoms with Crippen molar-refractivity contribution in [3.63, 3.8) is 0 Å². The molecule has 0 fully saturated rings. The van der Waals surface area contributed by atoms with Crippen LogP contribution < -0.4 is 15.1 Å². The van der Waals surface area contributed by atoms with Gasteiger partial charge in [-0.2, -0.15) is 0 Å². The molecule has 2 heterocycles. The zero-order valence-corrected chi connectivity index (χ0v) is 24.7. The number of fused-ring (bicyclic) bond motifs is 2. The number of carbonyl (C=O) groups is 1. The van der Waals surface area contributed by atoms with E-state index in [9.17, 15) is 4.79 Å². The van der Waals surface area contributed by atoms with Gasteiger partial charge in [0.25, 0.3) is 0 Å². The highest BCUT2D eigenvalue weighted by molar-refractivity contribution is 5.75. The lowest BCUT2D eigenvalue weighted by Gasteiger charge is -2.32. The standard InChI is InChI=1S/C33H44N6O/c1-32(2)25-15-8-10-17-27(25)38(5)29(32)19-13-20-30-33(3,4)26-16-9-11-18-28(26)39(30)24-12-6-7-21-31(40)35-22-14-23-36-37-34/h8-11,13,15-20,30H,6-7,12,14,21-24H2,1-5H3,(H,35,40)/b20-13+,29-19+. The predicted molar refractivity (Wildman–Crippen MR) is 166 cm³/mol. The molecule has 1 amide bonds. The Balaban J connectivity index is 1.40. The average Bonchev–Trinajstić information content (AvgIpc) is 3.27. The number of hydrogen-bond acceptors (Lipinski definition) is 4. The number of unbranched alkanes of at least 4 members (excludes halogenated alkanes) is 2. The maximum absolute atomic E-state index is 12.1.